The Bertz CT molecular complexity index is 1000. The highest BCUT2D eigenvalue weighted by Crippen LogP contribution is 2.50. The topological polar surface area (TPSA) is 50.9 Å². The highest BCUT2D eigenvalue weighted by Gasteiger charge is 2.45. The molecule has 1 saturated heterocycles. The number of anilines is 2. The quantitative estimate of drug-likeness (QED) is 0.732. The minimum Gasteiger partial charge on any atom is -0.362 e. The molecule has 2 N–H and O–H groups in total. The lowest BCUT2D eigenvalue weighted by atomic mass is 10.1. The number of nitrogens with one attached hydrogen (secondary N) is 2. The summed E-state index contributed by atoms with van der Waals surface area (Å²) < 4.78 is 0. The van der Waals surface area contributed by atoms with Crippen LogP contribution < -0.4 is 20.5 Å². The first-order chi connectivity index (χ1) is 14.0. The molecule has 3 aliphatic rings. The first-order valence-corrected chi connectivity index (χ1v) is 11.9. The van der Waals surface area contributed by atoms with E-state index in [9.17, 15) is 4.79 Å². The van der Waals surface area contributed by atoms with Gasteiger partial charge in [-0.2, -0.15) is 5.01 Å². The lowest BCUT2D eigenvalue weighted by Crippen LogP contribution is -2.51. The number of hydrogen-bond acceptors (Lipinski definition) is 5. The summed E-state index contributed by atoms with van der Waals surface area (Å²) >= 11 is 6.60. The van der Waals surface area contributed by atoms with Crippen molar-refractivity contribution < 1.29 is 4.79 Å². The van der Waals surface area contributed by atoms with Crippen LogP contribution in [-0.2, 0) is 24.0 Å². The van der Waals surface area contributed by atoms with E-state index in [2.05, 4.69) is 50.0 Å². The van der Waals surface area contributed by atoms with Crippen LogP contribution in [0.2, 0.25) is 5.02 Å². The van der Waals surface area contributed by atoms with Crippen molar-refractivity contribution in [2.24, 2.45) is 6.26 Å². The van der Waals surface area contributed by atoms with E-state index in [0.29, 0.717) is 6.67 Å². The summed E-state index contributed by atoms with van der Waals surface area (Å²) in [7, 11) is 0.0639. The van der Waals surface area contributed by atoms with E-state index in [4.69, 9.17) is 11.6 Å². The van der Waals surface area contributed by atoms with Crippen LogP contribution >= 0.6 is 22.1 Å². The fraction of sp³-hybridized carbons (Fsp3) is 0.381. The second-order valence-corrected chi connectivity index (χ2v) is 9.96. The minimum absolute atomic E-state index is 0.0244. The molecule has 0 saturated carbocycles. The Morgan fingerprint density at radius 1 is 1.34 bits per heavy atom. The van der Waals surface area contributed by atoms with E-state index >= 15 is 0 Å². The van der Waals surface area contributed by atoms with Crippen LogP contribution in [0.1, 0.15) is 22.9 Å². The van der Waals surface area contributed by atoms with Crippen molar-refractivity contribution in [3.8, 4) is 0 Å². The summed E-state index contributed by atoms with van der Waals surface area (Å²) in [5.74, 6) is -0.0244. The number of fused-ring (bicyclic) bond motifs is 5. The molecule has 2 aliphatic heterocycles. The minimum atomic E-state index is -0.0244. The van der Waals surface area contributed by atoms with E-state index in [1.54, 1.807) is 6.92 Å². The Morgan fingerprint density at radius 2 is 2.17 bits per heavy atom. The third-order valence-electron chi connectivity index (χ3n) is 5.98. The van der Waals surface area contributed by atoms with Crippen LogP contribution in [0.15, 0.2) is 30.3 Å². The monoisotopic (exact) mass is 430 g/mol. The number of hydrazine groups is 1. The summed E-state index contributed by atoms with van der Waals surface area (Å²) in [4.78, 5) is 17.9. The van der Waals surface area contributed by atoms with Crippen LogP contribution in [0, 0.1) is 0 Å². The van der Waals surface area contributed by atoms with Crippen LogP contribution in [0.25, 0.3) is 6.08 Å². The van der Waals surface area contributed by atoms with Gasteiger partial charge in [0.2, 0.25) is 5.91 Å². The number of carbonyl (C=O) groups is 1. The number of halogens is 1. The second kappa shape index (κ2) is 7.32. The van der Waals surface area contributed by atoms with E-state index in [-0.39, 0.29) is 22.5 Å². The van der Waals surface area contributed by atoms with E-state index in [1.807, 2.05) is 18.2 Å². The molecule has 2 atom stereocenters. The molecule has 3 heterocycles. The van der Waals surface area contributed by atoms with Crippen LogP contribution in [0.3, 0.4) is 0 Å². The third-order valence-corrected chi connectivity index (χ3v) is 8.40. The number of benzene rings is 1. The molecule has 0 radical (unpaired) electrons. The Morgan fingerprint density at radius 3 is 2.97 bits per heavy atom. The Labute approximate surface area is 178 Å². The molecule has 2 unspecified atom stereocenters. The lowest BCUT2D eigenvalue weighted by Gasteiger charge is -2.32. The highest BCUT2D eigenvalue weighted by molar-refractivity contribution is 7.34. The van der Waals surface area contributed by atoms with Crippen molar-refractivity contribution in [3.63, 3.8) is 0 Å². The molecule has 0 bridgehead atoms. The van der Waals surface area contributed by atoms with Gasteiger partial charge in [-0.3, -0.25) is 9.69 Å². The molecule has 1 amide bonds. The van der Waals surface area contributed by atoms with E-state index in [0.717, 1.165) is 36.9 Å². The summed E-state index contributed by atoms with van der Waals surface area (Å²) in [5.41, 5.74) is 7.48. The van der Waals surface area contributed by atoms with Gasteiger partial charge in [0.25, 0.3) is 5.00 Å². The van der Waals surface area contributed by atoms with Gasteiger partial charge in [-0.15, -0.1) is 0 Å². The van der Waals surface area contributed by atoms with Gasteiger partial charge in [-0.25, -0.2) is 5.43 Å². The number of carbonyl (C=O) groups excluding carboxylic acids is 1. The van der Waals surface area contributed by atoms with Gasteiger partial charge in [0.15, 0.2) is 4.88 Å². The zero-order valence-corrected chi connectivity index (χ0v) is 18.2. The largest absolute Gasteiger partial charge is 0.362 e. The highest BCUT2D eigenvalue weighted by atomic mass is 35.5. The number of thiophene rings is 1. The zero-order valence-electron chi connectivity index (χ0n) is 16.6. The van der Waals surface area contributed by atoms with E-state index < -0.39 is 0 Å². The van der Waals surface area contributed by atoms with Gasteiger partial charge in [-0.1, -0.05) is 29.8 Å². The third kappa shape index (κ3) is 3.13. The molecular formula is C21H25ClN5OS+. The number of nitrogens with zero attached hydrogens (tertiary/aromatic N) is 3. The molecule has 152 valence electrons. The molecule has 2 aromatic rings. The normalized spacial score (nSPS) is 21.1. The first-order valence-electron chi connectivity index (χ1n) is 9.84. The molecule has 1 aromatic heterocycles. The second-order valence-electron chi connectivity index (χ2n) is 7.70. The molecule has 29 heavy (non-hydrogen) atoms. The van der Waals surface area contributed by atoms with Crippen molar-refractivity contribution in [1.82, 2.24) is 15.8 Å². The van der Waals surface area contributed by atoms with Crippen molar-refractivity contribution >= 4 is 44.7 Å². The summed E-state index contributed by atoms with van der Waals surface area (Å²) in [6, 6.07) is 8.07. The molecule has 1 aliphatic carbocycles. The molecule has 5 rings (SSSR count). The SMILES string of the molecule is CC(=O)NCN1NCN2c3c(c4c([s+]3C)C=CC4)CN(c3ccccc3Cl)CC12. The predicted molar refractivity (Wildman–Crippen MR) is 120 cm³/mol. The average molecular weight is 431 g/mol. The average Bonchev–Trinajstić information content (AvgIpc) is 3.35. The molecule has 6 nitrogen and oxygen atoms in total. The van der Waals surface area contributed by atoms with Crippen LogP contribution in [-0.4, -0.2) is 37.0 Å². The maximum absolute atomic E-state index is 11.5. The number of allylic oxidation sites excluding steroid dienone is 1. The van der Waals surface area contributed by atoms with Gasteiger partial charge in [0, 0.05) is 23.0 Å². The predicted octanol–water partition coefficient (Wildman–Crippen LogP) is 3.22. The zero-order chi connectivity index (χ0) is 20.1. The fourth-order valence-electron chi connectivity index (χ4n) is 4.63. The molecule has 0 spiro atoms. The van der Waals surface area contributed by atoms with Crippen molar-refractivity contribution in [3.05, 3.63) is 51.4 Å². The molecule has 1 aromatic carbocycles. The number of amides is 1. The lowest BCUT2D eigenvalue weighted by molar-refractivity contribution is -0.119. The van der Waals surface area contributed by atoms with Gasteiger partial charge in [0.05, 0.1) is 42.7 Å². The van der Waals surface area contributed by atoms with Crippen molar-refractivity contribution in [2.45, 2.75) is 26.1 Å². The van der Waals surface area contributed by atoms with Crippen LogP contribution in [0.5, 0.6) is 0 Å². The van der Waals surface area contributed by atoms with E-state index in [1.165, 1.54) is 21.0 Å². The Balaban J connectivity index is 1.59. The fourth-order valence-corrected chi connectivity index (χ4v) is 7.06. The van der Waals surface area contributed by atoms with Gasteiger partial charge in [0.1, 0.15) is 12.4 Å². The molecular weight excluding hydrogens is 406 g/mol. The van der Waals surface area contributed by atoms with Crippen molar-refractivity contribution in [1.29, 1.82) is 0 Å². The van der Waals surface area contributed by atoms with Gasteiger partial charge < -0.3 is 10.2 Å². The Kier molecular flexibility index (Phi) is 4.78. The first kappa shape index (κ1) is 18.9. The smallest absolute Gasteiger partial charge is 0.251 e. The van der Waals surface area contributed by atoms with Crippen molar-refractivity contribution in [2.75, 3.05) is 29.7 Å². The van der Waals surface area contributed by atoms with Crippen LogP contribution in [0.4, 0.5) is 10.7 Å². The van der Waals surface area contributed by atoms with Gasteiger partial charge >= 0.3 is 0 Å². The summed E-state index contributed by atoms with van der Waals surface area (Å²) in [6.07, 6.45) is 8.06. The maximum Gasteiger partial charge on any atom is 0.251 e. The molecule has 8 heteroatoms. The number of hydrogen-bond donors (Lipinski definition) is 2. The Hall–Kier alpha value is -2.06. The maximum atomic E-state index is 11.5. The molecule has 1 fully saturated rings. The summed E-state index contributed by atoms with van der Waals surface area (Å²) in [6.45, 7) is 4.44. The number of rotatable bonds is 3. The summed E-state index contributed by atoms with van der Waals surface area (Å²) in [5, 5.41) is 7.29. The number of para-hydroxylation sites is 1. The standard InChI is InChI=1S/C21H24ClN5OS/c1-14(28)23-12-27-20-11-25(18-8-4-3-7-17(18)22)10-16-15-6-5-9-19(15)29(2)21(16)26(20)13-24-27/h3-5,7-9,20,24H,6,10-13H2,1-2H3/p+1. The van der Waals surface area contributed by atoms with Gasteiger partial charge in [-0.05, 0) is 24.6 Å².